The number of nitrogens with zero attached hydrogens (tertiary/aromatic N) is 2. The SMILES string of the molecule is COc1ncc(C(=O)NCc2ccccc2Cl)cn1. The first kappa shape index (κ1) is 13.3. The van der Waals surface area contributed by atoms with Crippen LogP contribution < -0.4 is 10.1 Å². The number of hydrogen-bond donors (Lipinski definition) is 1. The van der Waals surface area contributed by atoms with Crippen LogP contribution in [-0.2, 0) is 6.54 Å². The summed E-state index contributed by atoms with van der Waals surface area (Å²) in [5, 5.41) is 3.37. The lowest BCUT2D eigenvalue weighted by Crippen LogP contribution is -2.23. The summed E-state index contributed by atoms with van der Waals surface area (Å²) >= 11 is 6.00. The monoisotopic (exact) mass is 277 g/mol. The highest BCUT2D eigenvalue weighted by Crippen LogP contribution is 2.14. The highest BCUT2D eigenvalue weighted by atomic mass is 35.5. The maximum absolute atomic E-state index is 11.9. The van der Waals surface area contributed by atoms with Crippen LogP contribution in [0.3, 0.4) is 0 Å². The van der Waals surface area contributed by atoms with Gasteiger partial charge >= 0.3 is 6.01 Å². The zero-order valence-electron chi connectivity index (χ0n) is 10.3. The fourth-order valence-electron chi connectivity index (χ4n) is 1.46. The molecule has 1 heterocycles. The van der Waals surface area contributed by atoms with Crippen LogP contribution in [0, 0.1) is 0 Å². The smallest absolute Gasteiger partial charge is 0.316 e. The molecule has 0 bridgehead atoms. The second-order valence-electron chi connectivity index (χ2n) is 3.73. The molecular formula is C13H12ClN3O2. The largest absolute Gasteiger partial charge is 0.467 e. The van der Waals surface area contributed by atoms with Gasteiger partial charge < -0.3 is 10.1 Å². The predicted octanol–water partition coefficient (Wildman–Crippen LogP) is 2.07. The molecule has 0 aliphatic carbocycles. The lowest BCUT2D eigenvalue weighted by Gasteiger charge is -2.06. The molecule has 0 fully saturated rings. The van der Waals surface area contributed by atoms with E-state index in [1.807, 2.05) is 18.2 Å². The number of ether oxygens (including phenoxy) is 1. The lowest BCUT2D eigenvalue weighted by atomic mass is 10.2. The number of benzene rings is 1. The predicted molar refractivity (Wildman–Crippen MR) is 71.2 cm³/mol. The van der Waals surface area contributed by atoms with E-state index in [1.54, 1.807) is 6.07 Å². The third-order valence-corrected chi connectivity index (χ3v) is 2.84. The number of carbonyl (C=O) groups is 1. The molecule has 0 radical (unpaired) electrons. The van der Waals surface area contributed by atoms with E-state index in [1.165, 1.54) is 19.5 Å². The molecule has 0 saturated heterocycles. The zero-order chi connectivity index (χ0) is 13.7. The quantitative estimate of drug-likeness (QED) is 0.929. The van der Waals surface area contributed by atoms with Crippen LogP contribution in [0.25, 0.3) is 0 Å². The average Bonchev–Trinajstić information content (AvgIpc) is 2.46. The van der Waals surface area contributed by atoms with Crippen LogP contribution in [0.4, 0.5) is 0 Å². The number of carbonyl (C=O) groups excluding carboxylic acids is 1. The number of methoxy groups -OCH3 is 1. The minimum atomic E-state index is -0.262. The van der Waals surface area contributed by atoms with Gasteiger partial charge in [0.1, 0.15) is 0 Å². The molecule has 0 aliphatic rings. The van der Waals surface area contributed by atoms with Crippen molar-refractivity contribution in [1.82, 2.24) is 15.3 Å². The van der Waals surface area contributed by atoms with Crippen molar-refractivity contribution >= 4 is 17.5 Å². The van der Waals surface area contributed by atoms with Crippen molar-refractivity contribution in [3.63, 3.8) is 0 Å². The summed E-state index contributed by atoms with van der Waals surface area (Å²) in [7, 11) is 1.46. The van der Waals surface area contributed by atoms with Crippen molar-refractivity contribution in [1.29, 1.82) is 0 Å². The third-order valence-electron chi connectivity index (χ3n) is 2.47. The van der Waals surface area contributed by atoms with Gasteiger partial charge in [0.05, 0.1) is 12.7 Å². The molecule has 0 unspecified atom stereocenters. The van der Waals surface area contributed by atoms with Gasteiger partial charge in [-0.15, -0.1) is 0 Å². The van der Waals surface area contributed by atoms with Gasteiger partial charge in [-0.25, -0.2) is 9.97 Å². The summed E-state index contributed by atoms with van der Waals surface area (Å²) in [6, 6.07) is 7.56. The first-order valence-electron chi connectivity index (χ1n) is 5.58. The summed E-state index contributed by atoms with van der Waals surface area (Å²) in [5.41, 5.74) is 1.22. The second kappa shape index (κ2) is 6.15. The Morgan fingerprint density at radius 1 is 1.32 bits per heavy atom. The maximum Gasteiger partial charge on any atom is 0.316 e. The Hall–Kier alpha value is -2.14. The number of hydrogen-bond acceptors (Lipinski definition) is 4. The van der Waals surface area contributed by atoms with Crippen molar-refractivity contribution < 1.29 is 9.53 Å². The molecule has 1 N–H and O–H groups in total. The lowest BCUT2D eigenvalue weighted by molar-refractivity contribution is 0.0950. The van der Waals surface area contributed by atoms with Crippen LogP contribution in [0.1, 0.15) is 15.9 Å². The molecule has 1 aromatic carbocycles. The molecule has 0 saturated carbocycles. The van der Waals surface area contributed by atoms with Crippen LogP contribution in [0.5, 0.6) is 6.01 Å². The Morgan fingerprint density at radius 2 is 2.00 bits per heavy atom. The van der Waals surface area contributed by atoms with Gasteiger partial charge in [0, 0.05) is 24.0 Å². The minimum Gasteiger partial charge on any atom is -0.467 e. The Labute approximate surface area is 115 Å². The molecule has 1 amide bonds. The van der Waals surface area contributed by atoms with E-state index in [2.05, 4.69) is 15.3 Å². The molecular weight excluding hydrogens is 266 g/mol. The van der Waals surface area contributed by atoms with E-state index in [-0.39, 0.29) is 11.9 Å². The standard InChI is InChI=1S/C13H12ClN3O2/c1-19-13-16-7-10(8-17-13)12(18)15-6-9-4-2-3-5-11(9)14/h2-5,7-8H,6H2,1H3,(H,15,18). The first-order valence-corrected chi connectivity index (χ1v) is 5.96. The highest BCUT2D eigenvalue weighted by Gasteiger charge is 2.08. The summed E-state index contributed by atoms with van der Waals surface area (Å²) in [6.45, 7) is 0.352. The van der Waals surface area contributed by atoms with Gasteiger partial charge in [-0.1, -0.05) is 29.8 Å². The summed E-state index contributed by atoms with van der Waals surface area (Å²) in [6.07, 6.45) is 2.82. The number of aromatic nitrogens is 2. The Balaban J connectivity index is 1.99. The molecule has 6 heteroatoms. The van der Waals surface area contributed by atoms with Crippen molar-refractivity contribution in [2.24, 2.45) is 0 Å². The topological polar surface area (TPSA) is 64.1 Å². The van der Waals surface area contributed by atoms with Crippen molar-refractivity contribution in [2.45, 2.75) is 6.54 Å². The molecule has 0 aliphatic heterocycles. The first-order chi connectivity index (χ1) is 9.20. The fraction of sp³-hybridized carbons (Fsp3) is 0.154. The van der Waals surface area contributed by atoms with Crippen molar-refractivity contribution in [3.05, 3.63) is 52.8 Å². The molecule has 98 valence electrons. The number of rotatable bonds is 4. The Bertz CT molecular complexity index is 572. The molecule has 19 heavy (non-hydrogen) atoms. The summed E-state index contributed by atoms with van der Waals surface area (Å²) < 4.78 is 4.82. The van der Waals surface area contributed by atoms with E-state index >= 15 is 0 Å². The van der Waals surface area contributed by atoms with Gasteiger partial charge in [-0.2, -0.15) is 0 Å². The zero-order valence-corrected chi connectivity index (χ0v) is 11.0. The molecule has 0 spiro atoms. The molecule has 0 atom stereocenters. The normalized spacial score (nSPS) is 10.0. The Kier molecular flexibility index (Phi) is 4.30. The average molecular weight is 278 g/mol. The van der Waals surface area contributed by atoms with Gasteiger partial charge in [0.15, 0.2) is 0 Å². The number of nitrogens with one attached hydrogen (secondary N) is 1. The highest BCUT2D eigenvalue weighted by molar-refractivity contribution is 6.31. The van der Waals surface area contributed by atoms with Crippen LogP contribution in [-0.4, -0.2) is 23.0 Å². The van der Waals surface area contributed by atoms with E-state index in [9.17, 15) is 4.79 Å². The third kappa shape index (κ3) is 3.42. The fourth-order valence-corrected chi connectivity index (χ4v) is 1.66. The van der Waals surface area contributed by atoms with Gasteiger partial charge in [-0.05, 0) is 11.6 Å². The minimum absolute atomic E-state index is 0.225. The van der Waals surface area contributed by atoms with Crippen molar-refractivity contribution in [3.8, 4) is 6.01 Å². The summed E-state index contributed by atoms with van der Waals surface area (Å²) in [5.74, 6) is -0.262. The molecule has 5 nitrogen and oxygen atoms in total. The Morgan fingerprint density at radius 3 is 2.63 bits per heavy atom. The van der Waals surface area contributed by atoms with E-state index in [0.29, 0.717) is 17.1 Å². The maximum atomic E-state index is 11.9. The number of amides is 1. The van der Waals surface area contributed by atoms with Crippen molar-refractivity contribution in [2.75, 3.05) is 7.11 Å². The second-order valence-corrected chi connectivity index (χ2v) is 4.14. The van der Waals surface area contributed by atoms with Crippen LogP contribution in [0.15, 0.2) is 36.7 Å². The van der Waals surface area contributed by atoms with Gasteiger partial charge in [-0.3, -0.25) is 4.79 Å². The van der Waals surface area contributed by atoms with Crippen LogP contribution >= 0.6 is 11.6 Å². The van der Waals surface area contributed by atoms with Gasteiger partial charge in [0.2, 0.25) is 0 Å². The van der Waals surface area contributed by atoms with Gasteiger partial charge in [0.25, 0.3) is 5.91 Å². The van der Waals surface area contributed by atoms with Crippen LogP contribution in [0.2, 0.25) is 5.02 Å². The van der Waals surface area contributed by atoms with E-state index < -0.39 is 0 Å². The summed E-state index contributed by atoms with van der Waals surface area (Å²) in [4.78, 5) is 19.6. The molecule has 1 aromatic heterocycles. The molecule has 2 rings (SSSR count). The van der Waals surface area contributed by atoms with E-state index in [4.69, 9.17) is 16.3 Å². The molecule has 2 aromatic rings. The van der Waals surface area contributed by atoms with E-state index in [0.717, 1.165) is 5.56 Å². The number of halogens is 1.